The second-order valence-electron chi connectivity index (χ2n) is 3.85. The lowest BCUT2D eigenvalue weighted by molar-refractivity contribution is 0.0698. The van der Waals surface area contributed by atoms with Crippen molar-refractivity contribution in [2.75, 3.05) is 19.0 Å². The van der Waals surface area contributed by atoms with E-state index in [1.165, 1.54) is 0 Å². The third kappa shape index (κ3) is 3.98. The molecule has 0 bridgehead atoms. The van der Waals surface area contributed by atoms with Gasteiger partial charge in [0.1, 0.15) is 5.75 Å². The lowest BCUT2D eigenvalue weighted by Gasteiger charge is -2.11. The summed E-state index contributed by atoms with van der Waals surface area (Å²) < 4.78 is 5.08. The number of hydrogen-bond donors (Lipinski definition) is 2. The number of methoxy groups -OCH3 is 1. The first kappa shape index (κ1) is 13.4. The van der Waals surface area contributed by atoms with Crippen molar-refractivity contribution < 1.29 is 14.6 Å². The SMILES string of the molecule is CCCCCNc1cc(OC)ccc1C(=O)O. The van der Waals surface area contributed by atoms with Gasteiger partial charge in [0.05, 0.1) is 18.4 Å². The van der Waals surface area contributed by atoms with E-state index >= 15 is 0 Å². The molecule has 0 aromatic heterocycles. The molecule has 94 valence electrons. The van der Waals surface area contributed by atoms with E-state index in [1.54, 1.807) is 25.3 Å². The summed E-state index contributed by atoms with van der Waals surface area (Å²) in [5.41, 5.74) is 0.898. The maximum atomic E-state index is 11.0. The number of carboxylic acid groups (broad SMARTS) is 1. The summed E-state index contributed by atoms with van der Waals surface area (Å²) in [6.07, 6.45) is 3.32. The van der Waals surface area contributed by atoms with Gasteiger partial charge in [0.25, 0.3) is 0 Å². The highest BCUT2D eigenvalue weighted by atomic mass is 16.5. The zero-order valence-corrected chi connectivity index (χ0v) is 10.3. The lowest BCUT2D eigenvalue weighted by Crippen LogP contribution is -2.07. The van der Waals surface area contributed by atoms with E-state index in [-0.39, 0.29) is 5.56 Å². The zero-order chi connectivity index (χ0) is 12.7. The first-order valence-corrected chi connectivity index (χ1v) is 5.84. The van der Waals surface area contributed by atoms with Crippen molar-refractivity contribution in [3.63, 3.8) is 0 Å². The summed E-state index contributed by atoms with van der Waals surface area (Å²) >= 11 is 0. The Kier molecular flexibility index (Phi) is 5.33. The maximum absolute atomic E-state index is 11.0. The molecule has 0 amide bonds. The largest absolute Gasteiger partial charge is 0.497 e. The summed E-state index contributed by atoms with van der Waals surface area (Å²) in [5.74, 6) is -0.265. The molecule has 0 saturated carbocycles. The normalized spacial score (nSPS) is 10.0. The summed E-state index contributed by atoms with van der Waals surface area (Å²) in [4.78, 5) is 11.0. The molecule has 2 N–H and O–H groups in total. The molecule has 1 rings (SSSR count). The molecule has 0 atom stereocenters. The van der Waals surface area contributed by atoms with Crippen LogP contribution in [0.25, 0.3) is 0 Å². The molecule has 0 aliphatic rings. The molecule has 0 aliphatic carbocycles. The van der Waals surface area contributed by atoms with E-state index in [1.807, 2.05) is 0 Å². The van der Waals surface area contributed by atoms with E-state index in [0.717, 1.165) is 25.8 Å². The second-order valence-corrected chi connectivity index (χ2v) is 3.85. The van der Waals surface area contributed by atoms with Gasteiger partial charge in [0.15, 0.2) is 0 Å². The van der Waals surface area contributed by atoms with Crippen LogP contribution in [-0.2, 0) is 0 Å². The Morgan fingerprint density at radius 1 is 1.41 bits per heavy atom. The van der Waals surface area contributed by atoms with Gasteiger partial charge in [0, 0.05) is 12.6 Å². The van der Waals surface area contributed by atoms with Crippen molar-refractivity contribution in [1.29, 1.82) is 0 Å². The van der Waals surface area contributed by atoms with Crippen molar-refractivity contribution in [2.45, 2.75) is 26.2 Å². The topological polar surface area (TPSA) is 58.6 Å². The first-order chi connectivity index (χ1) is 8.19. The Labute approximate surface area is 102 Å². The maximum Gasteiger partial charge on any atom is 0.337 e. The van der Waals surface area contributed by atoms with Gasteiger partial charge in [-0.3, -0.25) is 0 Å². The van der Waals surface area contributed by atoms with Crippen LogP contribution in [0.5, 0.6) is 5.75 Å². The molecule has 0 unspecified atom stereocenters. The Bertz CT molecular complexity index is 377. The quantitative estimate of drug-likeness (QED) is 0.716. The van der Waals surface area contributed by atoms with Crippen LogP contribution >= 0.6 is 0 Å². The van der Waals surface area contributed by atoms with E-state index in [9.17, 15) is 4.79 Å². The third-order valence-electron chi connectivity index (χ3n) is 2.55. The van der Waals surface area contributed by atoms with Gasteiger partial charge in [-0.05, 0) is 18.6 Å². The Morgan fingerprint density at radius 3 is 2.76 bits per heavy atom. The molecule has 0 radical (unpaired) electrons. The van der Waals surface area contributed by atoms with E-state index < -0.39 is 5.97 Å². The van der Waals surface area contributed by atoms with E-state index in [2.05, 4.69) is 12.2 Å². The fraction of sp³-hybridized carbons (Fsp3) is 0.462. The van der Waals surface area contributed by atoms with Crippen LogP contribution in [0.3, 0.4) is 0 Å². The first-order valence-electron chi connectivity index (χ1n) is 5.84. The number of hydrogen-bond acceptors (Lipinski definition) is 3. The molecule has 0 spiro atoms. The molecule has 0 fully saturated rings. The molecule has 0 aliphatic heterocycles. The Hall–Kier alpha value is -1.71. The van der Waals surface area contributed by atoms with Crippen LogP contribution < -0.4 is 10.1 Å². The lowest BCUT2D eigenvalue weighted by atomic mass is 10.1. The molecule has 0 saturated heterocycles. The second kappa shape index (κ2) is 6.78. The Morgan fingerprint density at radius 2 is 2.18 bits per heavy atom. The molecule has 1 aromatic carbocycles. The number of unbranched alkanes of at least 4 members (excludes halogenated alkanes) is 2. The number of carbonyl (C=O) groups is 1. The van der Waals surface area contributed by atoms with Gasteiger partial charge in [-0.15, -0.1) is 0 Å². The van der Waals surface area contributed by atoms with Crippen LogP contribution in [0, 0.1) is 0 Å². The van der Waals surface area contributed by atoms with Crippen LogP contribution in [0.4, 0.5) is 5.69 Å². The summed E-state index contributed by atoms with van der Waals surface area (Å²) in [5, 5.41) is 12.2. The van der Waals surface area contributed by atoms with Gasteiger partial charge >= 0.3 is 5.97 Å². The van der Waals surface area contributed by atoms with E-state index in [0.29, 0.717) is 11.4 Å². The van der Waals surface area contributed by atoms with Gasteiger partial charge in [-0.2, -0.15) is 0 Å². The van der Waals surface area contributed by atoms with Crippen molar-refractivity contribution >= 4 is 11.7 Å². The summed E-state index contributed by atoms with van der Waals surface area (Å²) in [6.45, 7) is 2.91. The highest BCUT2D eigenvalue weighted by Gasteiger charge is 2.10. The number of nitrogens with one attached hydrogen (secondary N) is 1. The Balaban J connectivity index is 2.75. The minimum absolute atomic E-state index is 0.280. The van der Waals surface area contributed by atoms with Gasteiger partial charge in [-0.1, -0.05) is 19.8 Å². The standard InChI is InChI=1S/C13H19NO3/c1-3-4-5-8-14-12-9-10(17-2)6-7-11(12)13(15)16/h6-7,9,14H,3-5,8H2,1-2H3,(H,15,16). The third-order valence-corrected chi connectivity index (χ3v) is 2.55. The zero-order valence-electron chi connectivity index (χ0n) is 10.3. The molecule has 1 aromatic rings. The predicted octanol–water partition coefficient (Wildman–Crippen LogP) is 3.00. The van der Waals surface area contributed by atoms with Gasteiger partial charge in [0.2, 0.25) is 0 Å². The summed E-state index contributed by atoms with van der Waals surface area (Å²) in [6, 6.07) is 4.93. The van der Waals surface area contributed by atoms with Crippen LogP contribution in [0.15, 0.2) is 18.2 Å². The number of anilines is 1. The molecule has 0 heterocycles. The number of rotatable bonds is 7. The number of ether oxygens (including phenoxy) is 1. The smallest absolute Gasteiger partial charge is 0.337 e. The molecular formula is C13H19NO3. The van der Waals surface area contributed by atoms with E-state index in [4.69, 9.17) is 9.84 Å². The summed E-state index contributed by atoms with van der Waals surface area (Å²) in [7, 11) is 1.57. The van der Waals surface area contributed by atoms with Crippen molar-refractivity contribution in [3.05, 3.63) is 23.8 Å². The van der Waals surface area contributed by atoms with Crippen molar-refractivity contribution in [2.24, 2.45) is 0 Å². The fourth-order valence-corrected chi connectivity index (χ4v) is 1.58. The van der Waals surface area contributed by atoms with Crippen LogP contribution in [0.1, 0.15) is 36.5 Å². The number of aromatic carboxylic acids is 1. The van der Waals surface area contributed by atoms with Crippen molar-refractivity contribution in [3.8, 4) is 5.75 Å². The highest BCUT2D eigenvalue weighted by molar-refractivity contribution is 5.94. The highest BCUT2D eigenvalue weighted by Crippen LogP contribution is 2.22. The van der Waals surface area contributed by atoms with Crippen molar-refractivity contribution in [1.82, 2.24) is 0 Å². The van der Waals surface area contributed by atoms with Crippen LogP contribution in [-0.4, -0.2) is 24.7 Å². The minimum atomic E-state index is -0.925. The molecule has 17 heavy (non-hydrogen) atoms. The van der Waals surface area contributed by atoms with Gasteiger partial charge in [-0.25, -0.2) is 4.79 Å². The fourth-order valence-electron chi connectivity index (χ4n) is 1.58. The molecule has 4 nitrogen and oxygen atoms in total. The molecular weight excluding hydrogens is 218 g/mol. The average Bonchev–Trinajstić information content (AvgIpc) is 2.34. The monoisotopic (exact) mass is 237 g/mol. The minimum Gasteiger partial charge on any atom is -0.497 e. The number of carboxylic acids is 1. The average molecular weight is 237 g/mol. The molecule has 4 heteroatoms. The predicted molar refractivity (Wildman–Crippen MR) is 68.0 cm³/mol. The van der Waals surface area contributed by atoms with Gasteiger partial charge < -0.3 is 15.2 Å². The van der Waals surface area contributed by atoms with Crippen LogP contribution in [0.2, 0.25) is 0 Å². The number of benzene rings is 1.